The third kappa shape index (κ3) is 1.71. The van der Waals surface area contributed by atoms with Gasteiger partial charge in [0.2, 0.25) is 0 Å². The first-order chi connectivity index (χ1) is 6.79. The monoisotopic (exact) mass is 194 g/mol. The minimum atomic E-state index is 0.221. The molecule has 2 rings (SSSR count). The summed E-state index contributed by atoms with van der Waals surface area (Å²) in [7, 11) is 0. The normalized spacial score (nSPS) is 18.1. The molecule has 14 heavy (non-hydrogen) atoms. The van der Waals surface area contributed by atoms with Gasteiger partial charge in [0.25, 0.3) is 0 Å². The second-order valence-electron chi connectivity index (χ2n) is 3.68. The third-order valence-corrected chi connectivity index (χ3v) is 2.62. The van der Waals surface area contributed by atoms with E-state index < -0.39 is 0 Å². The Balaban J connectivity index is 2.02. The highest BCUT2D eigenvalue weighted by Gasteiger charge is 2.19. The lowest BCUT2D eigenvalue weighted by Gasteiger charge is -2.25. The highest BCUT2D eigenvalue weighted by molar-refractivity contribution is 5.81. The summed E-state index contributed by atoms with van der Waals surface area (Å²) < 4.78 is 1.98. The molecule has 3 N–H and O–H groups in total. The Bertz CT molecular complexity index is 340. The fourth-order valence-corrected chi connectivity index (χ4v) is 1.56. The molecule has 0 unspecified atom stereocenters. The van der Waals surface area contributed by atoms with Gasteiger partial charge in [0.1, 0.15) is 5.84 Å². The summed E-state index contributed by atoms with van der Waals surface area (Å²) in [5, 5.41) is 15.6. The van der Waals surface area contributed by atoms with E-state index in [9.17, 15) is 0 Å². The molecule has 0 spiro atoms. The van der Waals surface area contributed by atoms with Crippen molar-refractivity contribution in [2.45, 2.75) is 31.7 Å². The van der Waals surface area contributed by atoms with Gasteiger partial charge in [0.05, 0.1) is 12.2 Å². The Kier molecular flexibility index (Phi) is 2.39. The smallest absolute Gasteiger partial charge is 0.143 e. The van der Waals surface area contributed by atoms with Crippen LogP contribution in [0, 0.1) is 0 Å². The van der Waals surface area contributed by atoms with Crippen LogP contribution in [0.3, 0.4) is 0 Å². The van der Waals surface area contributed by atoms with Crippen LogP contribution >= 0.6 is 0 Å². The second-order valence-corrected chi connectivity index (χ2v) is 3.68. The molecule has 0 radical (unpaired) electrons. The fraction of sp³-hybridized carbons (Fsp3) is 0.556. The quantitative estimate of drug-likeness (QED) is 0.325. The van der Waals surface area contributed by atoms with Crippen LogP contribution in [0.15, 0.2) is 17.5 Å². The molecule has 0 aliphatic heterocycles. The van der Waals surface area contributed by atoms with Gasteiger partial charge in [-0.3, -0.25) is 4.68 Å². The lowest BCUT2D eigenvalue weighted by Crippen LogP contribution is -2.17. The van der Waals surface area contributed by atoms with Crippen molar-refractivity contribution in [2.24, 2.45) is 10.9 Å². The zero-order chi connectivity index (χ0) is 9.97. The summed E-state index contributed by atoms with van der Waals surface area (Å²) in [5.41, 5.74) is 6.39. The van der Waals surface area contributed by atoms with E-state index in [1.165, 1.54) is 19.3 Å². The molecule has 5 nitrogen and oxygen atoms in total. The van der Waals surface area contributed by atoms with Gasteiger partial charge < -0.3 is 10.9 Å². The van der Waals surface area contributed by atoms with Crippen molar-refractivity contribution in [3.8, 4) is 0 Å². The Morgan fingerprint density at radius 2 is 2.50 bits per heavy atom. The standard InChI is InChI=1S/C9H14N4O/c10-9(12-14)4-7-5-11-13(6-7)8-2-1-3-8/h5-6,8,14H,1-4H2,(H2,10,12). The Morgan fingerprint density at radius 1 is 1.71 bits per heavy atom. The van der Waals surface area contributed by atoms with Gasteiger partial charge in [-0.2, -0.15) is 5.10 Å². The predicted octanol–water partition coefficient (Wildman–Crippen LogP) is 0.897. The molecule has 1 aromatic heterocycles. The van der Waals surface area contributed by atoms with E-state index in [-0.39, 0.29) is 5.84 Å². The minimum absolute atomic E-state index is 0.221. The van der Waals surface area contributed by atoms with Gasteiger partial charge >= 0.3 is 0 Å². The van der Waals surface area contributed by atoms with Crippen LogP contribution in [0.2, 0.25) is 0 Å². The van der Waals surface area contributed by atoms with Crippen molar-refractivity contribution in [3.05, 3.63) is 18.0 Å². The first-order valence-corrected chi connectivity index (χ1v) is 4.79. The first kappa shape index (κ1) is 9.05. The molecular weight excluding hydrogens is 180 g/mol. The number of amidine groups is 1. The SMILES string of the molecule is N/C(Cc1cnn(C2CCC2)c1)=N\O. The van der Waals surface area contributed by atoms with Crippen molar-refractivity contribution in [1.29, 1.82) is 0 Å². The number of hydrogen-bond donors (Lipinski definition) is 2. The van der Waals surface area contributed by atoms with E-state index in [0.717, 1.165) is 5.56 Å². The summed E-state index contributed by atoms with van der Waals surface area (Å²) in [6.45, 7) is 0. The number of rotatable bonds is 3. The van der Waals surface area contributed by atoms with Crippen LogP contribution in [-0.4, -0.2) is 20.8 Å². The molecule has 0 bridgehead atoms. The largest absolute Gasteiger partial charge is 0.409 e. The zero-order valence-electron chi connectivity index (χ0n) is 7.93. The van der Waals surface area contributed by atoms with Gasteiger partial charge in [-0.1, -0.05) is 5.16 Å². The molecular formula is C9H14N4O. The van der Waals surface area contributed by atoms with Crippen molar-refractivity contribution >= 4 is 5.84 Å². The molecule has 1 aliphatic carbocycles. The molecule has 1 fully saturated rings. The predicted molar refractivity (Wildman–Crippen MR) is 52.2 cm³/mol. The summed E-state index contributed by atoms with van der Waals surface area (Å²) in [6.07, 6.45) is 7.93. The highest BCUT2D eigenvalue weighted by atomic mass is 16.4. The van der Waals surface area contributed by atoms with Gasteiger partial charge in [0, 0.05) is 12.6 Å². The molecule has 0 amide bonds. The summed E-state index contributed by atoms with van der Waals surface area (Å²) in [5.74, 6) is 0.221. The third-order valence-electron chi connectivity index (χ3n) is 2.62. The second kappa shape index (κ2) is 3.69. The van der Waals surface area contributed by atoms with Crippen LogP contribution in [0.1, 0.15) is 30.9 Å². The zero-order valence-corrected chi connectivity index (χ0v) is 7.93. The molecule has 5 heteroatoms. The van der Waals surface area contributed by atoms with Crippen LogP contribution in [-0.2, 0) is 6.42 Å². The number of hydrogen-bond acceptors (Lipinski definition) is 3. The topological polar surface area (TPSA) is 76.4 Å². The molecule has 76 valence electrons. The maximum absolute atomic E-state index is 8.41. The Labute approximate surface area is 82.2 Å². The number of nitrogens with two attached hydrogens (primary N) is 1. The first-order valence-electron chi connectivity index (χ1n) is 4.79. The van der Waals surface area contributed by atoms with E-state index in [1.807, 2.05) is 10.9 Å². The highest BCUT2D eigenvalue weighted by Crippen LogP contribution is 2.30. The van der Waals surface area contributed by atoms with E-state index in [2.05, 4.69) is 10.3 Å². The average Bonchev–Trinajstić information content (AvgIpc) is 2.50. The molecule has 1 heterocycles. The molecule has 1 aliphatic rings. The summed E-state index contributed by atoms with van der Waals surface area (Å²) >= 11 is 0. The molecule has 1 aromatic rings. The summed E-state index contributed by atoms with van der Waals surface area (Å²) in [4.78, 5) is 0. The van der Waals surface area contributed by atoms with Gasteiger partial charge in [-0.05, 0) is 24.8 Å². The number of aromatic nitrogens is 2. The van der Waals surface area contributed by atoms with Crippen molar-refractivity contribution in [1.82, 2.24) is 9.78 Å². The lowest BCUT2D eigenvalue weighted by molar-refractivity contribution is 0.289. The summed E-state index contributed by atoms with van der Waals surface area (Å²) in [6, 6.07) is 0.566. The maximum atomic E-state index is 8.41. The van der Waals surface area contributed by atoms with Crippen LogP contribution in [0.5, 0.6) is 0 Å². The molecule has 0 saturated heterocycles. The molecule has 1 saturated carbocycles. The Morgan fingerprint density at radius 3 is 3.07 bits per heavy atom. The van der Waals surface area contributed by atoms with E-state index in [1.54, 1.807) is 6.20 Å². The van der Waals surface area contributed by atoms with Gasteiger partial charge in [0.15, 0.2) is 0 Å². The van der Waals surface area contributed by atoms with E-state index >= 15 is 0 Å². The van der Waals surface area contributed by atoms with E-state index in [4.69, 9.17) is 10.9 Å². The van der Waals surface area contributed by atoms with Gasteiger partial charge in [-0.15, -0.1) is 0 Å². The van der Waals surface area contributed by atoms with Crippen molar-refractivity contribution in [2.75, 3.05) is 0 Å². The average molecular weight is 194 g/mol. The van der Waals surface area contributed by atoms with Crippen molar-refractivity contribution < 1.29 is 5.21 Å². The van der Waals surface area contributed by atoms with Crippen LogP contribution < -0.4 is 5.73 Å². The van der Waals surface area contributed by atoms with E-state index in [0.29, 0.717) is 12.5 Å². The molecule has 0 aromatic carbocycles. The van der Waals surface area contributed by atoms with Crippen LogP contribution in [0.25, 0.3) is 0 Å². The number of oxime groups is 1. The fourth-order valence-electron chi connectivity index (χ4n) is 1.56. The maximum Gasteiger partial charge on any atom is 0.143 e. The van der Waals surface area contributed by atoms with Crippen LogP contribution in [0.4, 0.5) is 0 Å². The van der Waals surface area contributed by atoms with Crippen molar-refractivity contribution in [3.63, 3.8) is 0 Å². The molecule has 0 atom stereocenters. The number of nitrogens with zero attached hydrogens (tertiary/aromatic N) is 3. The lowest BCUT2D eigenvalue weighted by atomic mass is 9.93. The minimum Gasteiger partial charge on any atom is -0.409 e. The Hall–Kier alpha value is -1.52. The van der Waals surface area contributed by atoms with Gasteiger partial charge in [-0.25, -0.2) is 0 Å².